The Hall–Kier alpha value is -0.700. The zero-order chi connectivity index (χ0) is 7.28. The number of aliphatic hydroxyl groups is 1. The first-order chi connectivity index (χ1) is 4.26. The lowest BCUT2D eigenvalue weighted by Crippen LogP contribution is -2.12. The number of hydrogen-bond acceptors (Lipinski definition) is 3. The molecular weight excluding hydrogens is 118 g/mol. The molecule has 0 aliphatic heterocycles. The molecule has 1 N–H and O–H groups in total. The van der Waals surface area contributed by atoms with Crippen LogP contribution in [0.25, 0.3) is 0 Å². The molecule has 0 aromatic carbocycles. The van der Waals surface area contributed by atoms with Crippen molar-refractivity contribution in [1.82, 2.24) is 0 Å². The lowest BCUT2D eigenvalue weighted by Gasteiger charge is -1.94. The molecule has 0 aromatic heterocycles. The summed E-state index contributed by atoms with van der Waals surface area (Å²) in [7, 11) is 1.47. The number of ketones is 1. The van der Waals surface area contributed by atoms with Gasteiger partial charge in [0, 0.05) is 13.5 Å². The lowest BCUT2D eigenvalue weighted by atomic mass is 10.2. The van der Waals surface area contributed by atoms with Gasteiger partial charge in [0.2, 0.25) is 0 Å². The maximum Gasteiger partial charge on any atom is 0.179 e. The van der Waals surface area contributed by atoms with E-state index in [9.17, 15) is 4.79 Å². The van der Waals surface area contributed by atoms with E-state index in [1.54, 1.807) is 6.92 Å². The minimum atomic E-state index is -0.139. The number of carbonyl (C=O) groups is 1. The van der Waals surface area contributed by atoms with Crippen LogP contribution >= 0.6 is 0 Å². The third-order valence-corrected chi connectivity index (χ3v) is 0.970. The van der Waals surface area contributed by atoms with Crippen molar-refractivity contribution in [2.45, 2.75) is 13.3 Å². The molecule has 9 heavy (non-hydrogen) atoms. The molecule has 3 nitrogen and oxygen atoms in total. The number of aliphatic imine (C=N–C) groups is 1. The zero-order valence-corrected chi connectivity index (χ0v) is 5.59. The lowest BCUT2D eigenvalue weighted by molar-refractivity contribution is -0.112. The summed E-state index contributed by atoms with van der Waals surface area (Å²) < 4.78 is 0. The third-order valence-electron chi connectivity index (χ3n) is 0.970. The first kappa shape index (κ1) is 8.30. The van der Waals surface area contributed by atoms with E-state index in [0.717, 1.165) is 6.61 Å². The molecule has 0 aromatic rings. The van der Waals surface area contributed by atoms with Crippen LogP contribution in [-0.4, -0.2) is 23.6 Å². The zero-order valence-electron chi connectivity index (χ0n) is 5.59. The maximum atomic E-state index is 10.7. The van der Waals surface area contributed by atoms with Crippen LogP contribution in [0.3, 0.4) is 0 Å². The Bertz CT molecular complexity index is 129. The van der Waals surface area contributed by atoms with Gasteiger partial charge in [-0.05, 0) is 0 Å². The van der Waals surface area contributed by atoms with Crippen LogP contribution < -0.4 is 0 Å². The first-order valence-electron chi connectivity index (χ1n) is 2.73. The first-order valence-corrected chi connectivity index (χ1v) is 2.73. The van der Waals surface area contributed by atoms with Crippen LogP contribution in [-0.2, 0) is 4.79 Å². The van der Waals surface area contributed by atoms with Crippen molar-refractivity contribution in [2.75, 3.05) is 7.05 Å². The summed E-state index contributed by atoms with van der Waals surface area (Å²) >= 11 is 0. The van der Waals surface area contributed by atoms with Gasteiger partial charge in [0.25, 0.3) is 0 Å². The summed E-state index contributed by atoms with van der Waals surface area (Å²) in [6.45, 7) is 2.45. The van der Waals surface area contributed by atoms with E-state index >= 15 is 0 Å². The summed E-state index contributed by atoms with van der Waals surface area (Å²) in [5.41, 5.74) is 0.137. The molecule has 0 heterocycles. The van der Waals surface area contributed by atoms with Crippen molar-refractivity contribution < 1.29 is 9.90 Å². The summed E-state index contributed by atoms with van der Waals surface area (Å²) in [5.74, 6) is -0.139. The molecular formula is C6H10NO2. The highest BCUT2D eigenvalue weighted by atomic mass is 16.3. The standard InChI is InChI=1S/C6H10NO2/c1-3-6(9)5(4-8)7-2/h4,8H,3H2,1-2H3. The molecule has 0 aliphatic rings. The van der Waals surface area contributed by atoms with Crippen molar-refractivity contribution >= 4 is 11.5 Å². The number of nitrogens with zero attached hydrogens (tertiary/aromatic N) is 1. The molecule has 0 atom stereocenters. The molecule has 0 spiro atoms. The van der Waals surface area contributed by atoms with E-state index in [-0.39, 0.29) is 11.5 Å². The SMILES string of the molecule is CCC(=O)C([CH]O)=NC. The highest BCUT2D eigenvalue weighted by molar-refractivity contribution is 6.42. The van der Waals surface area contributed by atoms with E-state index in [1.807, 2.05) is 0 Å². The number of carbonyl (C=O) groups excluding carboxylic acids is 1. The van der Waals surface area contributed by atoms with Crippen LogP contribution in [0.2, 0.25) is 0 Å². The van der Waals surface area contributed by atoms with Crippen molar-refractivity contribution in [1.29, 1.82) is 0 Å². The summed E-state index contributed by atoms with van der Waals surface area (Å²) in [5, 5.41) is 8.35. The molecule has 0 saturated heterocycles. The summed E-state index contributed by atoms with van der Waals surface area (Å²) in [6, 6.07) is 0. The third kappa shape index (κ3) is 2.37. The fraction of sp³-hybridized carbons (Fsp3) is 0.500. The van der Waals surface area contributed by atoms with E-state index in [2.05, 4.69) is 4.99 Å². The quantitative estimate of drug-likeness (QED) is 0.565. The Labute approximate surface area is 54.4 Å². The fourth-order valence-electron chi connectivity index (χ4n) is 0.436. The van der Waals surface area contributed by atoms with Gasteiger partial charge in [-0.15, -0.1) is 0 Å². The second-order valence-electron chi connectivity index (χ2n) is 1.51. The summed E-state index contributed by atoms with van der Waals surface area (Å²) in [6.07, 6.45) is 0.379. The molecule has 0 fully saturated rings. The van der Waals surface area contributed by atoms with Gasteiger partial charge in [-0.2, -0.15) is 0 Å². The number of hydrogen-bond donors (Lipinski definition) is 1. The monoisotopic (exact) mass is 128 g/mol. The van der Waals surface area contributed by atoms with E-state index < -0.39 is 0 Å². The molecule has 0 amide bonds. The van der Waals surface area contributed by atoms with Crippen molar-refractivity contribution in [3.8, 4) is 0 Å². The van der Waals surface area contributed by atoms with Crippen LogP contribution in [0.1, 0.15) is 13.3 Å². The molecule has 0 saturated carbocycles. The van der Waals surface area contributed by atoms with E-state index in [0.29, 0.717) is 6.42 Å². The Balaban J connectivity index is 3.97. The Kier molecular flexibility index (Phi) is 3.88. The van der Waals surface area contributed by atoms with Crippen LogP contribution in [0.4, 0.5) is 0 Å². The van der Waals surface area contributed by atoms with E-state index in [4.69, 9.17) is 5.11 Å². The normalized spacial score (nSPS) is 11.7. The fourth-order valence-corrected chi connectivity index (χ4v) is 0.436. The van der Waals surface area contributed by atoms with Gasteiger partial charge in [-0.1, -0.05) is 6.92 Å². The molecule has 0 aliphatic carbocycles. The van der Waals surface area contributed by atoms with Gasteiger partial charge in [0.05, 0.1) is 0 Å². The minimum Gasteiger partial charge on any atom is -0.384 e. The van der Waals surface area contributed by atoms with Crippen molar-refractivity contribution in [3.05, 3.63) is 6.61 Å². The van der Waals surface area contributed by atoms with Crippen molar-refractivity contribution in [3.63, 3.8) is 0 Å². The van der Waals surface area contributed by atoms with Crippen molar-refractivity contribution in [2.24, 2.45) is 4.99 Å². The van der Waals surface area contributed by atoms with Crippen LogP contribution in [0, 0.1) is 6.61 Å². The molecule has 51 valence electrons. The number of Topliss-reactive ketones (excluding diaryl/α,β-unsaturated/α-hetero) is 1. The maximum absolute atomic E-state index is 10.7. The highest BCUT2D eigenvalue weighted by Crippen LogP contribution is 1.87. The highest BCUT2D eigenvalue weighted by Gasteiger charge is 2.05. The smallest absolute Gasteiger partial charge is 0.179 e. The van der Waals surface area contributed by atoms with E-state index in [1.165, 1.54) is 7.05 Å². The average Bonchev–Trinajstić information content (AvgIpc) is 1.90. The molecule has 1 radical (unpaired) electrons. The largest absolute Gasteiger partial charge is 0.384 e. The Morgan fingerprint density at radius 3 is 2.44 bits per heavy atom. The predicted molar refractivity (Wildman–Crippen MR) is 34.9 cm³/mol. The topological polar surface area (TPSA) is 49.7 Å². The molecule has 0 rings (SSSR count). The predicted octanol–water partition coefficient (Wildman–Crippen LogP) is 0.571. The minimum absolute atomic E-state index is 0.137. The number of rotatable bonds is 3. The van der Waals surface area contributed by atoms with Gasteiger partial charge in [-0.3, -0.25) is 9.79 Å². The van der Waals surface area contributed by atoms with Gasteiger partial charge >= 0.3 is 0 Å². The Morgan fingerprint density at radius 1 is 1.78 bits per heavy atom. The van der Waals surface area contributed by atoms with Gasteiger partial charge in [-0.25, -0.2) is 0 Å². The average molecular weight is 128 g/mol. The van der Waals surface area contributed by atoms with Gasteiger partial charge in [0.15, 0.2) is 5.78 Å². The molecule has 0 bridgehead atoms. The van der Waals surface area contributed by atoms with Crippen LogP contribution in [0.5, 0.6) is 0 Å². The Morgan fingerprint density at radius 2 is 2.33 bits per heavy atom. The molecule has 3 heteroatoms. The number of aliphatic hydroxyl groups excluding tert-OH is 1. The van der Waals surface area contributed by atoms with Crippen LogP contribution in [0.15, 0.2) is 4.99 Å². The van der Waals surface area contributed by atoms with Gasteiger partial charge < -0.3 is 5.11 Å². The molecule has 0 unspecified atom stereocenters. The summed E-state index contributed by atoms with van der Waals surface area (Å²) in [4.78, 5) is 14.2. The van der Waals surface area contributed by atoms with Gasteiger partial charge in [0.1, 0.15) is 12.3 Å². The second kappa shape index (κ2) is 4.21. The second-order valence-corrected chi connectivity index (χ2v) is 1.51.